The molecule has 1 unspecified atom stereocenters. The summed E-state index contributed by atoms with van der Waals surface area (Å²) in [4.78, 5) is 1.33. The average molecular weight is 267 g/mol. The summed E-state index contributed by atoms with van der Waals surface area (Å²) in [6.45, 7) is 6.43. The second kappa shape index (κ2) is 7.17. The lowest BCUT2D eigenvalue weighted by Crippen LogP contribution is -2.22. The topological polar surface area (TPSA) is 21.3 Å². The molecule has 1 aromatic rings. The normalized spacial score (nSPS) is 13.6. The predicted molar refractivity (Wildman–Crippen MR) is 80.3 cm³/mol. The summed E-state index contributed by atoms with van der Waals surface area (Å²) in [5, 5.41) is 3.25. The van der Waals surface area contributed by atoms with E-state index in [0.29, 0.717) is 6.04 Å². The van der Waals surface area contributed by atoms with Crippen molar-refractivity contribution in [2.75, 3.05) is 19.9 Å². The van der Waals surface area contributed by atoms with Crippen molar-refractivity contribution in [1.29, 1.82) is 0 Å². The summed E-state index contributed by atoms with van der Waals surface area (Å²) in [6.07, 6.45) is 1.06. The lowest BCUT2D eigenvalue weighted by Gasteiger charge is -2.22. The summed E-state index contributed by atoms with van der Waals surface area (Å²) in [5.41, 5.74) is 1.31. The fourth-order valence-electron chi connectivity index (χ4n) is 1.54. The Labute approximate surface area is 116 Å². The first-order valence-electron chi connectivity index (χ1n) is 6.43. The maximum atomic E-state index is 5.42. The highest BCUT2D eigenvalue weighted by molar-refractivity contribution is 7.99. The van der Waals surface area contributed by atoms with Gasteiger partial charge in [-0.2, -0.15) is 0 Å². The number of nitrogens with one attached hydrogen (secondary N) is 1. The van der Waals surface area contributed by atoms with Gasteiger partial charge in [-0.05, 0) is 51.9 Å². The van der Waals surface area contributed by atoms with E-state index in [1.54, 1.807) is 7.11 Å². The first-order valence-corrected chi connectivity index (χ1v) is 7.42. The zero-order valence-electron chi connectivity index (χ0n) is 12.1. The Kier molecular flexibility index (Phi) is 6.19. The van der Waals surface area contributed by atoms with E-state index < -0.39 is 0 Å². The van der Waals surface area contributed by atoms with E-state index >= 15 is 0 Å². The highest BCUT2D eigenvalue weighted by Gasteiger charge is 2.15. The van der Waals surface area contributed by atoms with E-state index in [1.165, 1.54) is 10.5 Å². The first kappa shape index (κ1) is 15.5. The number of hydrogen-bond donors (Lipinski definition) is 1. The van der Waals surface area contributed by atoms with Gasteiger partial charge in [0, 0.05) is 23.8 Å². The fraction of sp³-hybridized carbons (Fsp3) is 0.600. The molecule has 0 aliphatic rings. The molecule has 0 spiro atoms. The molecule has 18 heavy (non-hydrogen) atoms. The number of rotatable bonds is 7. The fourth-order valence-corrected chi connectivity index (χ4v) is 2.69. The molecule has 0 aliphatic heterocycles. The minimum absolute atomic E-state index is 0.0203. The zero-order chi connectivity index (χ0) is 13.6. The van der Waals surface area contributed by atoms with Gasteiger partial charge in [-0.25, -0.2) is 0 Å². The van der Waals surface area contributed by atoms with E-state index in [-0.39, 0.29) is 5.60 Å². The van der Waals surface area contributed by atoms with Crippen molar-refractivity contribution in [3.63, 3.8) is 0 Å². The van der Waals surface area contributed by atoms with Gasteiger partial charge >= 0.3 is 0 Å². The quantitative estimate of drug-likeness (QED) is 0.758. The SMILES string of the molecule is CNC(C)c1ccc(SCCC(C)(C)OC)cc1. The molecule has 0 radical (unpaired) electrons. The van der Waals surface area contributed by atoms with Crippen LogP contribution in [0.4, 0.5) is 0 Å². The predicted octanol–water partition coefficient (Wildman–Crippen LogP) is 3.87. The monoisotopic (exact) mass is 267 g/mol. The highest BCUT2D eigenvalue weighted by atomic mass is 32.2. The van der Waals surface area contributed by atoms with Gasteiger partial charge in [0.15, 0.2) is 0 Å². The molecule has 0 saturated heterocycles. The van der Waals surface area contributed by atoms with Gasteiger partial charge in [0.2, 0.25) is 0 Å². The molecule has 0 heterocycles. The molecule has 2 nitrogen and oxygen atoms in total. The Balaban J connectivity index is 2.45. The number of hydrogen-bond acceptors (Lipinski definition) is 3. The minimum Gasteiger partial charge on any atom is -0.379 e. The Morgan fingerprint density at radius 1 is 1.28 bits per heavy atom. The van der Waals surface area contributed by atoms with Crippen LogP contribution in [0.1, 0.15) is 38.8 Å². The van der Waals surface area contributed by atoms with E-state index in [0.717, 1.165) is 12.2 Å². The Morgan fingerprint density at radius 3 is 2.39 bits per heavy atom. The van der Waals surface area contributed by atoms with Gasteiger partial charge in [0.25, 0.3) is 0 Å². The summed E-state index contributed by atoms with van der Waals surface area (Å²) in [6, 6.07) is 9.22. The maximum Gasteiger partial charge on any atom is 0.0630 e. The summed E-state index contributed by atoms with van der Waals surface area (Å²) in [7, 11) is 3.76. The van der Waals surface area contributed by atoms with Crippen LogP contribution in [0.3, 0.4) is 0 Å². The van der Waals surface area contributed by atoms with Gasteiger partial charge < -0.3 is 10.1 Å². The molecular weight excluding hydrogens is 242 g/mol. The van der Waals surface area contributed by atoms with Gasteiger partial charge in [0.1, 0.15) is 0 Å². The van der Waals surface area contributed by atoms with Crippen LogP contribution >= 0.6 is 11.8 Å². The van der Waals surface area contributed by atoms with Crippen LogP contribution in [0.5, 0.6) is 0 Å². The summed E-state index contributed by atoms with van der Waals surface area (Å²) in [5.74, 6) is 1.09. The number of benzene rings is 1. The van der Waals surface area contributed by atoms with Crippen molar-refractivity contribution in [2.45, 2.75) is 43.7 Å². The van der Waals surface area contributed by atoms with Crippen molar-refractivity contribution >= 4 is 11.8 Å². The molecule has 0 amide bonds. The van der Waals surface area contributed by atoms with Crippen LogP contribution in [0.15, 0.2) is 29.2 Å². The van der Waals surface area contributed by atoms with Crippen molar-refractivity contribution < 1.29 is 4.74 Å². The maximum absolute atomic E-state index is 5.42. The molecule has 1 N–H and O–H groups in total. The Morgan fingerprint density at radius 2 is 1.89 bits per heavy atom. The van der Waals surface area contributed by atoms with Crippen LogP contribution in [-0.4, -0.2) is 25.5 Å². The van der Waals surface area contributed by atoms with Crippen molar-refractivity contribution in [3.05, 3.63) is 29.8 Å². The van der Waals surface area contributed by atoms with Crippen molar-refractivity contribution in [2.24, 2.45) is 0 Å². The molecule has 0 aromatic heterocycles. The van der Waals surface area contributed by atoms with E-state index in [1.807, 2.05) is 18.8 Å². The van der Waals surface area contributed by atoms with Crippen molar-refractivity contribution in [1.82, 2.24) is 5.32 Å². The number of methoxy groups -OCH3 is 1. The first-order chi connectivity index (χ1) is 8.48. The number of thioether (sulfide) groups is 1. The van der Waals surface area contributed by atoms with Crippen LogP contribution in [0.25, 0.3) is 0 Å². The van der Waals surface area contributed by atoms with Gasteiger partial charge in [0.05, 0.1) is 5.60 Å². The van der Waals surface area contributed by atoms with Gasteiger partial charge in [-0.15, -0.1) is 11.8 Å². The second-order valence-corrected chi connectivity index (χ2v) is 6.31. The molecule has 0 aliphatic carbocycles. The zero-order valence-corrected chi connectivity index (χ0v) is 12.9. The Hall–Kier alpha value is -0.510. The van der Waals surface area contributed by atoms with Gasteiger partial charge in [-0.1, -0.05) is 12.1 Å². The molecule has 0 saturated carbocycles. The smallest absolute Gasteiger partial charge is 0.0630 e. The molecule has 1 rings (SSSR count). The minimum atomic E-state index is -0.0203. The molecule has 102 valence electrons. The van der Waals surface area contributed by atoms with Crippen molar-refractivity contribution in [3.8, 4) is 0 Å². The third-order valence-corrected chi connectivity index (χ3v) is 4.35. The lowest BCUT2D eigenvalue weighted by atomic mass is 10.1. The third-order valence-electron chi connectivity index (χ3n) is 3.34. The van der Waals surface area contributed by atoms with E-state index in [9.17, 15) is 0 Å². The number of ether oxygens (including phenoxy) is 1. The van der Waals surface area contributed by atoms with Gasteiger partial charge in [-0.3, -0.25) is 0 Å². The van der Waals surface area contributed by atoms with Crippen LogP contribution in [-0.2, 0) is 4.74 Å². The van der Waals surface area contributed by atoms with Crippen LogP contribution in [0, 0.1) is 0 Å². The molecule has 0 fully saturated rings. The highest BCUT2D eigenvalue weighted by Crippen LogP contribution is 2.24. The van der Waals surface area contributed by atoms with Crippen LogP contribution in [0.2, 0.25) is 0 Å². The molecular formula is C15H25NOS. The molecule has 1 aromatic carbocycles. The molecule has 3 heteroatoms. The lowest BCUT2D eigenvalue weighted by molar-refractivity contribution is 0.0207. The summed E-state index contributed by atoms with van der Waals surface area (Å²) < 4.78 is 5.42. The largest absolute Gasteiger partial charge is 0.379 e. The Bertz CT molecular complexity index is 348. The molecule has 0 bridgehead atoms. The van der Waals surface area contributed by atoms with E-state index in [2.05, 4.69) is 50.4 Å². The standard InChI is InChI=1S/C15H25NOS/c1-12(16-4)13-6-8-14(9-7-13)18-11-10-15(2,3)17-5/h6-9,12,16H,10-11H2,1-5H3. The average Bonchev–Trinajstić information content (AvgIpc) is 2.38. The summed E-state index contributed by atoms with van der Waals surface area (Å²) >= 11 is 1.89. The van der Waals surface area contributed by atoms with E-state index in [4.69, 9.17) is 4.74 Å². The molecule has 1 atom stereocenters. The second-order valence-electron chi connectivity index (χ2n) is 5.14. The third kappa shape index (κ3) is 5.01. The van der Waals surface area contributed by atoms with Crippen LogP contribution < -0.4 is 5.32 Å².